The number of esters is 1. The van der Waals surface area contributed by atoms with E-state index in [1.165, 1.54) is 31.4 Å². The van der Waals surface area contributed by atoms with Gasteiger partial charge in [-0.1, -0.05) is 0 Å². The molecule has 0 saturated heterocycles. The van der Waals surface area contributed by atoms with E-state index in [4.69, 9.17) is 9.15 Å². The number of hydrogen-bond donors (Lipinski definition) is 0. The standard InChI is InChI=1S/C23H21NO4/c25-16-1-3-18-20(8-16)28-21-9-17(2-4-19(21)24-18)27-22(26)23-10-13-5-14(11-23)7-15(6-13)12-23/h1-4,8-9,13-15H,5-7,10-12H2. The number of carbonyl (C=O) groups excluding carboxylic acids is 1. The molecule has 6 aliphatic rings. The van der Waals surface area contributed by atoms with Gasteiger partial charge in [0.2, 0.25) is 0 Å². The molecule has 5 aliphatic carbocycles. The molecule has 0 N–H and O–H groups in total. The first kappa shape index (κ1) is 16.3. The van der Waals surface area contributed by atoms with Crippen molar-refractivity contribution in [3.8, 4) is 17.2 Å². The number of benzene rings is 2. The van der Waals surface area contributed by atoms with Crippen LogP contribution >= 0.6 is 0 Å². The largest absolute Gasteiger partial charge is 0.453 e. The summed E-state index contributed by atoms with van der Waals surface area (Å²) in [5, 5.41) is 0. The van der Waals surface area contributed by atoms with Crippen LogP contribution in [0.4, 0.5) is 0 Å². The second-order valence-corrected chi connectivity index (χ2v) is 9.06. The minimum atomic E-state index is -0.292. The van der Waals surface area contributed by atoms with Gasteiger partial charge in [-0.25, -0.2) is 4.98 Å². The Bertz CT molecular complexity index is 1100. The molecule has 7 rings (SSSR count). The van der Waals surface area contributed by atoms with E-state index >= 15 is 0 Å². The van der Waals surface area contributed by atoms with E-state index in [0.29, 0.717) is 46.1 Å². The van der Waals surface area contributed by atoms with Gasteiger partial charge in [-0.3, -0.25) is 9.59 Å². The van der Waals surface area contributed by atoms with Crippen LogP contribution in [0.15, 0.2) is 45.6 Å². The Balaban J connectivity index is 1.33. The van der Waals surface area contributed by atoms with Gasteiger partial charge in [0.25, 0.3) is 0 Å². The molecular formula is C23H21NO4. The molecule has 1 heterocycles. The van der Waals surface area contributed by atoms with Crippen LogP contribution < -0.4 is 10.2 Å². The number of aromatic nitrogens is 1. The Morgan fingerprint density at radius 3 is 2.43 bits per heavy atom. The van der Waals surface area contributed by atoms with E-state index in [-0.39, 0.29) is 16.8 Å². The molecule has 1 aliphatic heterocycles. The van der Waals surface area contributed by atoms with Gasteiger partial charge in [0.1, 0.15) is 17.0 Å². The van der Waals surface area contributed by atoms with Crippen molar-refractivity contribution in [2.75, 3.05) is 0 Å². The third kappa shape index (κ3) is 2.49. The molecule has 0 aromatic heterocycles. The van der Waals surface area contributed by atoms with Crippen LogP contribution in [-0.4, -0.2) is 11.0 Å². The highest BCUT2D eigenvalue weighted by atomic mass is 16.5. The molecule has 0 radical (unpaired) electrons. The van der Waals surface area contributed by atoms with E-state index in [2.05, 4.69) is 4.98 Å². The molecule has 4 fully saturated rings. The topological polar surface area (TPSA) is 69.4 Å². The minimum absolute atomic E-state index is 0.0819. The van der Waals surface area contributed by atoms with Crippen LogP contribution in [0.5, 0.6) is 5.75 Å². The van der Waals surface area contributed by atoms with Crippen molar-refractivity contribution >= 4 is 17.1 Å². The van der Waals surface area contributed by atoms with Gasteiger partial charge in [0, 0.05) is 12.1 Å². The molecular weight excluding hydrogens is 354 g/mol. The van der Waals surface area contributed by atoms with Crippen molar-refractivity contribution < 1.29 is 13.9 Å². The van der Waals surface area contributed by atoms with E-state index < -0.39 is 0 Å². The van der Waals surface area contributed by atoms with Crippen LogP contribution in [-0.2, 0) is 4.79 Å². The molecule has 0 atom stereocenters. The van der Waals surface area contributed by atoms with Crippen molar-refractivity contribution in [1.82, 2.24) is 4.98 Å². The van der Waals surface area contributed by atoms with Gasteiger partial charge in [0.05, 0.1) is 5.41 Å². The zero-order valence-corrected chi connectivity index (χ0v) is 15.5. The Morgan fingerprint density at radius 2 is 1.71 bits per heavy atom. The van der Waals surface area contributed by atoms with Crippen molar-refractivity contribution in [2.45, 2.75) is 38.5 Å². The van der Waals surface area contributed by atoms with Crippen LogP contribution in [0.25, 0.3) is 22.6 Å². The van der Waals surface area contributed by atoms with E-state index in [1.807, 2.05) is 0 Å². The molecule has 4 bridgehead atoms. The number of ether oxygens (including phenoxy) is 1. The van der Waals surface area contributed by atoms with Crippen LogP contribution in [0.2, 0.25) is 0 Å². The first-order valence-electron chi connectivity index (χ1n) is 10.1. The number of rotatable bonds is 2. The van der Waals surface area contributed by atoms with E-state index in [0.717, 1.165) is 19.3 Å². The first-order chi connectivity index (χ1) is 13.6. The average molecular weight is 375 g/mol. The quantitative estimate of drug-likeness (QED) is 0.377. The zero-order chi connectivity index (χ0) is 18.9. The summed E-state index contributed by atoms with van der Waals surface area (Å²) < 4.78 is 11.7. The third-order valence-electron chi connectivity index (χ3n) is 7.01. The summed E-state index contributed by atoms with van der Waals surface area (Å²) in [5.74, 6) is 2.93. The molecule has 28 heavy (non-hydrogen) atoms. The fourth-order valence-corrected chi connectivity index (χ4v) is 6.22. The Morgan fingerprint density at radius 1 is 1.00 bits per heavy atom. The maximum absolute atomic E-state index is 13.1. The molecule has 142 valence electrons. The average Bonchev–Trinajstić information content (AvgIpc) is 2.65. The highest BCUT2D eigenvalue weighted by Gasteiger charge is 2.55. The fraction of sp³-hybridized carbons (Fsp3) is 0.435. The Kier molecular flexibility index (Phi) is 3.29. The Labute approximate surface area is 162 Å². The first-order valence-corrected chi connectivity index (χ1v) is 10.1. The van der Waals surface area contributed by atoms with Gasteiger partial charge in [-0.15, -0.1) is 0 Å². The molecule has 4 saturated carbocycles. The van der Waals surface area contributed by atoms with Crippen LogP contribution in [0, 0.1) is 23.2 Å². The van der Waals surface area contributed by atoms with Crippen LogP contribution in [0.1, 0.15) is 38.5 Å². The number of hydrogen-bond acceptors (Lipinski definition) is 5. The third-order valence-corrected chi connectivity index (χ3v) is 7.01. The normalized spacial score (nSPS) is 30.8. The summed E-state index contributed by atoms with van der Waals surface area (Å²) in [5.41, 5.74) is 1.39. The van der Waals surface area contributed by atoms with Gasteiger partial charge in [0.15, 0.2) is 16.8 Å². The zero-order valence-electron chi connectivity index (χ0n) is 15.5. The minimum Gasteiger partial charge on any atom is -0.453 e. The summed E-state index contributed by atoms with van der Waals surface area (Å²) >= 11 is 0. The lowest BCUT2D eigenvalue weighted by molar-refractivity contribution is -0.161. The molecule has 1 aromatic carbocycles. The molecule has 0 unspecified atom stereocenters. The fourth-order valence-electron chi connectivity index (χ4n) is 6.22. The summed E-state index contributed by atoms with van der Waals surface area (Å²) in [4.78, 5) is 29.3. The van der Waals surface area contributed by atoms with Crippen molar-refractivity contribution in [3.63, 3.8) is 0 Å². The second kappa shape index (κ2) is 5.66. The van der Waals surface area contributed by atoms with Crippen LogP contribution in [0.3, 0.4) is 0 Å². The second-order valence-electron chi connectivity index (χ2n) is 9.06. The molecule has 5 heteroatoms. The highest BCUT2D eigenvalue weighted by Crippen LogP contribution is 2.60. The van der Waals surface area contributed by atoms with E-state index in [9.17, 15) is 9.59 Å². The SMILES string of the molecule is O=C(Oc1ccc2nc3ccc(=O)cc-3oc2c1)C12CC3CC(CC(C3)C1)C2. The summed E-state index contributed by atoms with van der Waals surface area (Å²) in [6.07, 6.45) is 6.82. The van der Waals surface area contributed by atoms with Crippen molar-refractivity contribution in [3.05, 3.63) is 46.6 Å². The molecule has 0 amide bonds. The number of carbonyl (C=O) groups is 1. The highest BCUT2D eigenvalue weighted by molar-refractivity contribution is 5.82. The van der Waals surface area contributed by atoms with Gasteiger partial charge in [-0.05, 0) is 80.5 Å². The van der Waals surface area contributed by atoms with E-state index in [1.54, 1.807) is 24.3 Å². The van der Waals surface area contributed by atoms with Gasteiger partial charge >= 0.3 is 5.97 Å². The maximum atomic E-state index is 13.1. The monoisotopic (exact) mass is 375 g/mol. The number of fused-ring (bicyclic) bond motifs is 2. The van der Waals surface area contributed by atoms with Crippen molar-refractivity contribution in [2.24, 2.45) is 23.2 Å². The van der Waals surface area contributed by atoms with Gasteiger partial charge < -0.3 is 9.15 Å². The summed E-state index contributed by atoms with van der Waals surface area (Å²) in [7, 11) is 0. The lowest BCUT2D eigenvalue weighted by Gasteiger charge is -2.55. The summed E-state index contributed by atoms with van der Waals surface area (Å²) in [6, 6.07) is 9.83. The van der Waals surface area contributed by atoms with Gasteiger partial charge in [-0.2, -0.15) is 0 Å². The number of nitrogens with zero attached hydrogens (tertiary/aromatic N) is 1. The maximum Gasteiger partial charge on any atom is 0.317 e. The van der Waals surface area contributed by atoms with Crippen molar-refractivity contribution in [1.29, 1.82) is 0 Å². The smallest absolute Gasteiger partial charge is 0.317 e. The molecule has 5 nitrogen and oxygen atoms in total. The molecule has 0 spiro atoms. The molecule has 1 aromatic rings. The Hall–Kier alpha value is -2.69. The lowest BCUT2D eigenvalue weighted by atomic mass is 9.49. The summed E-state index contributed by atoms with van der Waals surface area (Å²) in [6.45, 7) is 0. The predicted molar refractivity (Wildman–Crippen MR) is 103 cm³/mol. The predicted octanol–water partition coefficient (Wildman–Crippen LogP) is 4.41. The lowest BCUT2D eigenvalue weighted by Crippen LogP contribution is -2.51.